The third kappa shape index (κ3) is 5.12. The Kier molecular flexibility index (Phi) is 6.42. The zero-order valence-corrected chi connectivity index (χ0v) is 16.8. The fourth-order valence-corrected chi connectivity index (χ4v) is 3.48. The summed E-state index contributed by atoms with van der Waals surface area (Å²) in [7, 11) is 1.77. The van der Waals surface area contributed by atoms with Crippen LogP contribution in [-0.4, -0.2) is 14.8 Å². The summed E-state index contributed by atoms with van der Waals surface area (Å²) in [5, 5.41) is 9.76. The molecule has 0 N–H and O–H groups in total. The zero-order valence-electron chi connectivity index (χ0n) is 14.5. The Morgan fingerprint density at radius 1 is 1.07 bits per heavy atom. The molecule has 0 radical (unpaired) electrons. The number of halogens is 5. The molecule has 1 heterocycles. The lowest BCUT2D eigenvalue weighted by Crippen LogP contribution is -2.07. The first-order chi connectivity index (χ1) is 13.2. The van der Waals surface area contributed by atoms with Crippen molar-refractivity contribution >= 4 is 35.0 Å². The van der Waals surface area contributed by atoms with Gasteiger partial charge in [-0.3, -0.25) is 0 Å². The maximum absolute atomic E-state index is 12.8. The van der Waals surface area contributed by atoms with Crippen LogP contribution in [-0.2, 0) is 25.6 Å². The highest BCUT2D eigenvalue weighted by atomic mass is 35.5. The van der Waals surface area contributed by atoms with Crippen molar-refractivity contribution in [2.24, 2.45) is 7.05 Å². The number of hydrogen-bond acceptors (Lipinski definition) is 4. The van der Waals surface area contributed by atoms with Gasteiger partial charge < -0.3 is 9.30 Å². The summed E-state index contributed by atoms with van der Waals surface area (Å²) in [6.07, 6.45) is -4.42. The van der Waals surface area contributed by atoms with Gasteiger partial charge >= 0.3 is 6.18 Å². The van der Waals surface area contributed by atoms with Crippen molar-refractivity contribution in [3.63, 3.8) is 0 Å². The van der Waals surface area contributed by atoms with Gasteiger partial charge in [-0.2, -0.15) is 13.2 Å². The van der Waals surface area contributed by atoms with E-state index in [0.717, 1.165) is 17.7 Å². The fourth-order valence-electron chi connectivity index (χ4n) is 2.28. The van der Waals surface area contributed by atoms with Gasteiger partial charge in [0.05, 0.1) is 15.6 Å². The molecule has 3 rings (SSSR count). The van der Waals surface area contributed by atoms with Gasteiger partial charge in [0.1, 0.15) is 12.4 Å². The van der Waals surface area contributed by atoms with Crippen LogP contribution in [0, 0.1) is 0 Å². The molecular formula is C18H14Cl2F3N3OS. The SMILES string of the molecule is Cn1c(COc2cccc(C(F)(F)F)c2)nnc1SCc1ccc(Cl)c(Cl)c1. The molecule has 2 aromatic carbocycles. The molecule has 0 aliphatic carbocycles. The molecule has 0 aliphatic rings. The number of aromatic nitrogens is 3. The summed E-state index contributed by atoms with van der Waals surface area (Å²) in [6.45, 7) is -0.00184. The van der Waals surface area contributed by atoms with Crippen molar-refractivity contribution in [3.05, 3.63) is 69.5 Å². The molecule has 0 amide bonds. The molecule has 0 spiro atoms. The van der Waals surface area contributed by atoms with E-state index in [1.54, 1.807) is 23.7 Å². The first kappa shape index (κ1) is 20.8. The van der Waals surface area contributed by atoms with Crippen molar-refractivity contribution < 1.29 is 17.9 Å². The Balaban J connectivity index is 1.62. The van der Waals surface area contributed by atoms with E-state index in [2.05, 4.69) is 10.2 Å². The molecule has 4 nitrogen and oxygen atoms in total. The van der Waals surface area contributed by atoms with Crippen molar-refractivity contribution in [3.8, 4) is 5.75 Å². The Hall–Kier alpha value is -1.90. The molecule has 0 bridgehead atoms. The van der Waals surface area contributed by atoms with Crippen LogP contribution in [0.5, 0.6) is 5.75 Å². The number of ether oxygens (including phenoxy) is 1. The average Bonchev–Trinajstić information content (AvgIpc) is 3.00. The summed E-state index contributed by atoms with van der Waals surface area (Å²) < 4.78 is 45.5. The highest BCUT2D eigenvalue weighted by Crippen LogP contribution is 2.31. The van der Waals surface area contributed by atoms with Crippen LogP contribution in [0.15, 0.2) is 47.6 Å². The minimum absolute atomic E-state index is 0.00184. The van der Waals surface area contributed by atoms with E-state index in [4.69, 9.17) is 27.9 Å². The van der Waals surface area contributed by atoms with E-state index in [0.29, 0.717) is 26.8 Å². The first-order valence-corrected chi connectivity index (χ1v) is 9.73. The summed E-state index contributed by atoms with van der Waals surface area (Å²) in [5.41, 5.74) is 0.213. The van der Waals surface area contributed by atoms with Crippen LogP contribution in [0.2, 0.25) is 10.0 Å². The van der Waals surface area contributed by atoms with Crippen molar-refractivity contribution in [1.29, 1.82) is 0 Å². The van der Waals surface area contributed by atoms with E-state index in [1.807, 2.05) is 6.07 Å². The zero-order chi connectivity index (χ0) is 20.3. The molecule has 1 aromatic heterocycles. The monoisotopic (exact) mass is 447 g/mol. The Morgan fingerprint density at radius 2 is 1.86 bits per heavy atom. The second-order valence-electron chi connectivity index (χ2n) is 5.81. The molecule has 0 unspecified atom stereocenters. The topological polar surface area (TPSA) is 39.9 Å². The van der Waals surface area contributed by atoms with Crippen LogP contribution in [0.3, 0.4) is 0 Å². The largest absolute Gasteiger partial charge is 0.486 e. The number of thioether (sulfide) groups is 1. The molecule has 28 heavy (non-hydrogen) atoms. The molecule has 0 saturated carbocycles. The summed E-state index contributed by atoms with van der Waals surface area (Å²) in [6, 6.07) is 10.1. The Labute approximate surface area is 173 Å². The van der Waals surface area contributed by atoms with E-state index >= 15 is 0 Å². The second-order valence-corrected chi connectivity index (χ2v) is 7.57. The highest BCUT2D eigenvalue weighted by molar-refractivity contribution is 7.98. The van der Waals surface area contributed by atoms with E-state index < -0.39 is 11.7 Å². The lowest BCUT2D eigenvalue weighted by atomic mass is 10.2. The third-order valence-corrected chi connectivity index (χ3v) is 5.64. The number of benzene rings is 2. The summed E-state index contributed by atoms with van der Waals surface area (Å²) in [5.74, 6) is 1.22. The molecule has 148 valence electrons. The van der Waals surface area contributed by atoms with E-state index in [-0.39, 0.29) is 12.4 Å². The van der Waals surface area contributed by atoms with Crippen molar-refractivity contribution in [1.82, 2.24) is 14.8 Å². The van der Waals surface area contributed by atoms with E-state index in [1.165, 1.54) is 23.9 Å². The molecule has 10 heteroatoms. The van der Waals surface area contributed by atoms with Crippen LogP contribution in [0.1, 0.15) is 17.0 Å². The maximum atomic E-state index is 12.8. The Morgan fingerprint density at radius 3 is 2.57 bits per heavy atom. The summed E-state index contributed by atoms with van der Waals surface area (Å²) in [4.78, 5) is 0. The number of alkyl halides is 3. The number of nitrogens with zero attached hydrogens (tertiary/aromatic N) is 3. The van der Waals surface area contributed by atoms with Gasteiger partial charge in [-0.15, -0.1) is 10.2 Å². The van der Waals surface area contributed by atoms with Gasteiger partial charge in [0.15, 0.2) is 11.0 Å². The minimum Gasteiger partial charge on any atom is -0.486 e. The molecule has 0 aliphatic heterocycles. The molecule has 0 fully saturated rings. The molecular weight excluding hydrogens is 434 g/mol. The number of hydrogen-bond donors (Lipinski definition) is 0. The third-order valence-electron chi connectivity index (χ3n) is 3.81. The predicted octanol–water partition coefficient (Wildman–Crippen LogP) is 6.01. The predicted molar refractivity (Wildman–Crippen MR) is 103 cm³/mol. The quantitative estimate of drug-likeness (QED) is 0.433. The first-order valence-electron chi connectivity index (χ1n) is 7.99. The average molecular weight is 448 g/mol. The van der Waals surface area contributed by atoms with Gasteiger partial charge in [-0.1, -0.05) is 47.1 Å². The number of rotatable bonds is 6. The Bertz CT molecular complexity index is 979. The molecule has 3 aromatic rings. The van der Waals surface area contributed by atoms with E-state index in [9.17, 15) is 13.2 Å². The van der Waals surface area contributed by atoms with Gasteiger partial charge in [-0.25, -0.2) is 0 Å². The van der Waals surface area contributed by atoms with Crippen LogP contribution < -0.4 is 4.74 Å². The highest BCUT2D eigenvalue weighted by Gasteiger charge is 2.30. The normalized spacial score (nSPS) is 11.6. The standard InChI is InChI=1S/C18H14Cl2F3N3OS/c1-26-16(9-27-13-4-2-3-12(8-13)18(21,22)23)24-25-17(26)28-10-11-5-6-14(19)15(20)7-11/h2-8H,9-10H2,1H3. The van der Waals surface area contributed by atoms with Crippen LogP contribution >= 0.6 is 35.0 Å². The van der Waals surface area contributed by atoms with Gasteiger partial charge in [0.25, 0.3) is 0 Å². The van der Waals surface area contributed by atoms with Crippen molar-refractivity contribution in [2.75, 3.05) is 0 Å². The fraction of sp³-hybridized carbons (Fsp3) is 0.222. The summed E-state index contributed by atoms with van der Waals surface area (Å²) >= 11 is 13.4. The van der Waals surface area contributed by atoms with Crippen LogP contribution in [0.4, 0.5) is 13.2 Å². The van der Waals surface area contributed by atoms with Gasteiger partial charge in [0.2, 0.25) is 0 Å². The smallest absolute Gasteiger partial charge is 0.416 e. The lowest BCUT2D eigenvalue weighted by molar-refractivity contribution is -0.137. The lowest BCUT2D eigenvalue weighted by Gasteiger charge is -2.10. The maximum Gasteiger partial charge on any atom is 0.416 e. The minimum atomic E-state index is -4.42. The molecule has 0 atom stereocenters. The van der Waals surface area contributed by atoms with Gasteiger partial charge in [-0.05, 0) is 35.9 Å². The van der Waals surface area contributed by atoms with Crippen molar-refractivity contribution in [2.45, 2.75) is 23.7 Å². The second kappa shape index (κ2) is 8.63. The molecule has 0 saturated heterocycles. The van der Waals surface area contributed by atoms with Crippen LogP contribution in [0.25, 0.3) is 0 Å². The van der Waals surface area contributed by atoms with Gasteiger partial charge in [0, 0.05) is 12.8 Å².